The van der Waals surface area contributed by atoms with Gasteiger partial charge in [0.05, 0.1) is 22.1 Å². The largest absolute Gasteiger partial charge is 0.310 e. The molecule has 13 aromatic rings. The predicted molar refractivity (Wildman–Crippen MR) is 308 cm³/mol. The van der Waals surface area contributed by atoms with Crippen LogP contribution in [0.15, 0.2) is 267 Å². The number of fused-ring (bicyclic) bond motifs is 18. The molecule has 0 aliphatic heterocycles. The van der Waals surface area contributed by atoms with Crippen LogP contribution >= 0.6 is 0 Å². The van der Waals surface area contributed by atoms with Crippen LogP contribution < -0.4 is 4.90 Å². The highest BCUT2D eigenvalue weighted by molar-refractivity contribution is 6.09. The van der Waals surface area contributed by atoms with Gasteiger partial charge >= 0.3 is 0 Å². The second-order valence-electron chi connectivity index (χ2n) is 20.3. The highest BCUT2D eigenvalue weighted by Gasteiger charge is 2.51. The van der Waals surface area contributed by atoms with Crippen molar-refractivity contribution in [2.75, 3.05) is 4.90 Å². The summed E-state index contributed by atoms with van der Waals surface area (Å²) in [5.41, 5.74) is 27.2. The average molecular weight is 939 g/mol. The minimum Gasteiger partial charge on any atom is -0.310 e. The summed E-state index contributed by atoms with van der Waals surface area (Å²) in [6.45, 7) is 0. The Bertz CT molecular complexity index is 4360. The Balaban J connectivity index is 0.879. The van der Waals surface area contributed by atoms with E-state index in [-0.39, 0.29) is 0 Å². The topological polar surface area (TPSA) is 8.17 Å². The van der Waals surface area contributed by atoms with Gasteiger partial charge in [-0.2, -0.15) is 0 Å². The van der Waals surface area contributed by atoms with E-state index in [2.05, 4.69) is 276 Å². The van der Waals surface area contributed by atoms with Crippen molar-refractivity contribution in [3.8, 4) is 61.3 Å². The molecule has 0 atom stereocenters. The van der Waals surface area contributed by atoms with E-state index >= 15 is 0 Å². The van der Waals surface area contributed by atoms with Gasteiger partial charge in [-0.15, -0.1) is 0 Å². The predicted octanol–water partition coefficient (Wildman–Crippen LogP) is 18.7. The number of nitrogens with zero attached hydrogens (tertiary/aromatic N) is 2. The lowest BCUT2D eigenvalue weighted by Gasteiger charge is -2.32. The summed E-state index contributed by atoms with van der Waals surface area (Å²) < 4.78 is 2.40. The number of anilines is 3. The van der Waals surface area contributed by atoms with Crippen LogP contribution in [0.3, 0.4) is 0 Å². The van der Waals surface area contributed by atoms with Crippen LogP contribution in [0.25, 0.3) is 93.9 Å². The fourth-order valence-corrected chi connectivity index (χ4v) is 13.5. The summed E-state index contributed by atoms with van der Waals surface area (Å²) in [5.74, 6) is 0. The highest BCUT2D eigenvalue weighted by Crippen LogP contribution is 2.63. The lowest BCUT2D eigenvalue weighted by molar-refractivity contribution is 0.793. The molecule has 74 heavy (non-hydrogen) atoms. The maximum atomic E-state index is 2.51. The maximum Gasteiger partial charge on any atom is 0.0726 e. The summed E-state index contributed by atoms with van der Waals surface area (Å²) in [7, 11) is 0. The van der Waals surface area contributed by atoms with Gasteiger partial charge in [0.15, 0.2) is 0 Å². The third kappa shape index (κ3) is 5.76. The second-order valence-corrected chi connectivity index (χ2v) is 20.3. The van der Waals surface area contributed by atoms with E-state index in [1.54, 1.807) is 0 Å². The van der Waals surface area contributed by atoms with Crippen molar-refractivity contribution >= 4 is 49.6 Å². The van der Waals surface area contributed by atoms with E-state index in [9.17, 15) is 0 Å². The number of aromatic nitrogens is 1. The van der Waals surface area contributed by atoms with Gasteiger partial charge in [0, 0.05) is 33.4 Å². The molecule has 16 rings (SSSR count). The molecule has 2 nitrogen and oxygen atoms in total. The molecule has 1 heterocycles. The molecule has 2 heteroatoms. The fraction of sp³-hybridized carbons (Fsp3) is 0.0278. The third-order valence-electron chi connectivity index (χ3n) is 16.6. The summed E-state index contributed by atoms with van der Waals surface area (Å²) in [5, 5.41) is 5.17. The van der Waals surface area contributed by atoms with Crippen LogP contribution in [0.4, 0.5) is 17.1 Å². The van der Waals surface area contributed by atoms with Crippen molar-refractivity contribution in [1.29, 1.82) is 0 Å². The molecule has 12 aromatic carbocycles. The first-order valence-electron chi connectivity index (χ1n) is 25.9. The van der Waals surface area contributed by atoms with Crippen molar-refractivity contribution in [3.63, 3.8) is 0 Å². The maximum absolute atomic E-state index is 2.51. The fourth-order valence-electron chi connectivity index (χ4n) is 13.5. The minimum absolute atomic E-state index is 0.469. The summed E-state index contributed by atoms with van der Waals surface area (Å²) in [4.78, 5) is 2.51. The molecule has 0 fully saturated rings. The van der Waals surface area contributed by atoms with Crippen molar-refractivity contribution in [2.24, 2.45) is 0 Å². The first-order valence-corrected chi connectivity index (χ1v) is 25.9. The molecule has 1 spiro atoms. The smallest absolute Gasteiger partial charge is 0.0726 e. The number of rotatable bonds is 6. The van der Waals surface area contributed by atoms with Gasteiger partial charge < -0.3 is 9.47 Å². The normalized spacial score (nSPS) is 13.2. The van der Waals surface area contributed by atoms with Gasteiger partial charge in [0.1, 0.15) is 0 Å². The van der Waals surface area contributed by atoms with Crippen molar-refractivity contribution in [1.82, 2.24) is 4.57 Å². The van der Waals surface area contributed by atoms with Gasteiger partial charge in [-0.25, -0.2) is 0 Å². The van der Waals surface area contributed by atoms with Crippen LogP contribution in [0, 0.1) is 0 Å². The number of hydrogen-bond donors (Lipinski definition) is 0. The van der Waals surface area contributed by atoms with E-state index < -0.39 is 5.41 Å². The lowest BCUT2D eigenvalue weighted by Crippen LogP contribution is -2.26. The second kappa shape index (κ2) is 15.7. The van der Waals surface area contributed by atoms with Gasteiger partial charge in [-0.1, -0.05) is 206 Å². The summed E-state index contributed by atoms with van der Waals surface area (Å²) in [6, 6.07) is 99.9. The number of benzene rings is 12. The van der Waals surface area contributed by atoms with Crippen LogP contribution in [0.1, 0.15) is 33.4 Å². The molecule has 3 aliphatic rings. The molecule has 0 bridgehead atoms. The van der Waals surface area contributed by atoms with Gasteiger partial charge in [-0.3, -0.25) is 0 Å². The Morgan fingerprint density at radius 2 is 0.878 bits per heavy atom. The lowest BCUT2D eigenvalue weighted by atomic mass is 9.70. The zero-order chi connectivity index (χ0) is 48.5. The van der Waals surface area contributed by atoms with Crippen molar-refractivity contribution < 1.29 is 0 Å². The molecule has 0 amide bonds. The molecule has 1 aromatic heterocycles. The molecule has 0 saturated heterocycles. The van der Waals surface area contributed by atoms with Crippen LogP contribution in [0.5, 0.6) is 0 Å². The zero-order valence-corrected chi connectivity index (χ0v) is 40.5. The van der Waals surface area contributed by atoms with Crippen molar-refractivity contribution in [3.05, 3.63) is 300 Å². The molecule has 0 saturated carbocycles. The summed E-state index contributed by atoms with van der Waals surface area (Å²) in [6.07, 6.45) is 0.944. The molecule has 3 aliphatic carbocycles. The Morgan fingerprint density at radius 1 is 0.324 bits per heavy atom. The van der Waals surface area contributed by atoms with Gasteiger partial charge in [0.2, 0.25) is 0 Å². The van der Waals surface area contributed by atoms with Crippen molar-refractivity contribution in [2.45, 2.75) is 11.8 Å². The van der Waals surface area contributed by atoms with Crippen LogP contribution in [0.2, 0.25) is 0 Å². The van der Waals surface area contributed by atoms with E-state index in [1.807, 2.05) is 0 Å². The van der Waals surface area contributed by atoms with Crippen LogP contribution in [-0.2, 0) is 11.8 Å². The Hall–Kier alpha value is -9.50. The quantitative estimate of drug-likeness (QED) is 0.161. The Labute approximate surface area is 430 Å². The standard InChI is InChI=1S/C72H46N2/c1-2-19-54-47(16-1)36-40-56-63-43-49(32-33-50(63)44-64(54)56)55-20-6-12-29-69(55)73(51-37-34-46(35-38-51)48-17-15-18-52(42-48)74-70-30-13-7-24-61(70)62-25-8-14-31-71(62)74)53-39-41-60-59-23-5-11-28-67(59)72(68(60)45-53)65-26-9-3-21-57(65)58-22-4-10-27-66(58)72/h1-43,45H,44H2. The first-order chi connectivity index (χ1) is 36.7. The summed E-state index contributed by atoms with van der Waals surface area (Å²) >= 11 is 0. The molecule has 0 N–H and O–H groups in total. The Morgan fingerprint density at radius 3 is 1.58 bits per heavy atom. The SMILES string of the molecule is c1cc(-c2ccc(N(c3ccc4c(c3)C3(c5ccccc5-c5ccccc53)c3ccccc3-4)c3ccccc3-c3ccc4c(c3)-c3ccc5ccccc5c3C4)cc2)cc(-n2c3ccccc3c3ccccc32)c1. The third-order valence-corrected chi connectivity index (χ3v) is 16.6. The van der Waals surface area contributed by atoms with E-state index in [0.717, 1.165) is 34.7 Å². The molecule has 344 valence electrons. The van der Waals surface area contributed by atoms with Gasteiger partial charge in [0.25, 0.3) is 0 Å². The number of hydrogen-bond acceptors (Lipinski definition) is 1. The molecule has 0 unspecified atom stereocenters. The van der Waals surface area contributed by atoms with Crippen LogP contribution in [-0.4, -0.2) is 4.57 Å². The van der Waals surface area contributed by atoms with E-state index in [0.29, 0.717) is 0 Å². The highest BCUT2D eigenvalue weighted by atomic mass is 15.1. The van der Waals surface area contributed by atoms with E-state index in [1.165, 1.54) is 116 Å². The molecular weight excluding hydrogens is 893 g/mol. The monoisotopic (exact) mass is 938 g/mol. The van der Waals surface area contributed by atoms with Gasteiger partial charge in [-0.05, 0) is 161 Å². The molecule has 0 radical (unpaired) electrons. The first kappa shape index (κ1) is 41.2. The molecular formula is C72H46N2. The van der Waals surface area contributed by atoms with E-state index in [4.69, 9.17) is 0 Å². The zero-order valence-electron chi connectivity index (χ0n) is 40.5. The minimum atomic E-state index is -0.469. The Kier molecular flexibility index (Phi) is 8.76. The average Bonchev–Trinajstić information content (AvgIpc) is 4.20. The number of para-hydroxylation sites is 3.